The van der Waals surface area contributed by atoms with E-state index in [2.05, 4.69) is 10.3 Å². The summed E-state index contributed by atoms with van der Waals surface area (Å²) in [4.78, 5) is 26.1. The van der Waals surface area contributed by atoms with E-state index in [-0.39, 0.29) is 0 Å². The molecule has 6 nitrogen and oxygen atoms in total. The van der Waals surface area contributed by atoms with Crippen LogP contribution in [0.4, 0.5) is 10.5 Å². The number of aromatic nitrogens is 1. The van der Waals surface area contributed by atoms with Gasteiger partial charge in [-0.2, -0.15) is 0 Å². The maximum Gasteiger partial charge on any atom is 0.407 e. The first-order chi connectivity index (χ1) is 8.81. The van der Waals surface area contributed by atoms with Crippen LogP contribution in [-0.2, 0) is 11.2 Å². The van der Waals surface area contributed by atoms with E-state index in [0.717, 1.165) is 0 Å². The van der Waals surface area contributed by atoms with Crippen molar-refractivity contribution in [2.75, 3.05) is 12.3 Å². The molecule has 0 spiro atoms. The van der Waals surface area contributed by atoms with Crippen LogP contribution < -0.4 is 11.1 Å². The fourth-order valence-corrected chi connectivity index (χ4v) is 1.37. The summed E-state index contributed by atoms with van der Waals surface area (Å²) < 4.78 is 5.09. The molecule has 0 fully saturated rings. The highest BCUT2D eigenvalue weighted by Crippen LogP contribution is 2.10. The van der Waals surface area contributed by atoms with Crippen LogP contribution in [0.5, 0.6) is 0 Å². The largest absolute Gasteiger partial charge is 0.444 e. The minimum Gasteiger partial charge on any atom is -0.444 e. The lowest BCUT2D eigenvalue weighted by molar-refractivity contribution is 0.0528. The van der Waals surface area contributed by atoms with Gasteiger partial charge in [-0.05, 0) is 26.8 Å². The smallest absolute Gasteiger partial charge is 0.407 e. The Hall–Kier alpha value is -2.11. The lowest BCUT2D eigenvalue weighted by atomic mass is 10.2. The van der Waals surface area contributed by atoms with Gasteiger partial charge < -0.3 is 15.8 Å². The Balaban J connectivity index is 2.43. The van der Waals surface area contributed by atoms with Crippen molar-refractivity contribution in [1.29, 1.82) is 0 Å². The van der Waals surface area contributed by atoms with Crippen molar-refractivity contribution in [2.45, 2.75) is 32.8 Å². The average Bonchev–Trinajstić information content (AvgIpc) is 2.26. The maximum absolute atomic E-state index is 11.4. The number of pyridine rings is 1. The average molecular weight is 265 g/mol. The van der Waals surface area contributed by atoms with Crippen LogP contribution >= 0.6 is 0 Å². The van der Waals surface area contributed by atoms with Gasteiger partial charge in [-0.3, -0.25) is 9.78 Å². The minimum absolute atomic E-state index is 0.365. The van der Waals surface area contributed by atoms with Gasteiger partial charge in [0, 0.05) is 30.5 Å². The van der Waals surface area contributed by atoms with Crippen LogP contribution in [-0.4, -0.2) is 29.5 Å². The second kappa shape index (κ2) is 6.17. The summed E-state index contributed by atoms with van der Waals surface area (Å²) in [7, 11) is 0. The van der Waals surface area contributed by atoms with E-state index in [1.807, 2.05) is 0 Å². The molecule has 1 heterocycles. The quantitative estimate of drug-likeness (QED) is 0.805. The number of carbonyl (C=O) groups is 2. The van der Waals surface area contributed by atoms with Gasteiger partial charge in [0.05, 0.1) is 5.56 Å². The van der Waals surface area contributed by atoms with E-state index >= 15 is 0 Å². The molecule has 0 aliphatic heterocycles. The monoisotopic (exact) mass is 265 g/mol. The number of rotatable bonds is 4. The number of nitrogen functional groups attached to an aromatic ring is 1. The van der Waals surface area contributed by atoms with Crippen LogP contribution in [0.3, 0.4) is 0 Å². The fraction of sp³-hybridized carbons (Fsp3) is 0.462. The maximum atomic E-state index is 11.4. The van der Waals surface area contributed by atoms with Crippen molar-refractivity contribution >= 4 is 18.1 Å². The van der Waals surface area contributed by atoms with Gasteiger partial charge in [0.1, 0.15) is 5.60 Å². The Bertz CT molecular complexity index is 467. The van der Waals surface area contributed by atoms with Crippen molar-refractivity contribution < 1.29 is 14.3 Å². The van der Waals surface area contributed by atoms with Crippen molar-refractivity contribution in [2.24, 2.45) is 0 Å². The third-order valence-electron chi connectivity index (χ3n) is 2.20. The van der Waals surface area contributed by atoms with Crippen molar-refractivity contribution in [3.05, 3.63) is 23.5 Å². The molecule has 1 aromatic heterocycles. The second-order valence-corrected chi connectivity index (χ2v) is 5.10. The number of carbonyl (C=O) groups excluding carboxylic acids is 2. The van der Waals surface area contributed by atoms with E-state index < -0.39 is 11.7 Å². The predicted octanol–water partition coefficient (Wildman–Crippen LogP) is 1.54. The third kappa shape index (κ3) is 5.37. The minimum atomic E-state index is -0.516. The molecule has 0 atom stereocenters. The lowest BCUT2D eigenvalue weighted by Gasteiger charge is -2.19. The van der Waals surface area contributed by atoms with Gasteiger partial charge in [-0.25, -0.2) is 4.79 Å². The van der Waals surface area contributed by atoms with Crippen LogP contribution in [0, 0.1) is 0 Å². The molecule has 19 heavy (non-hydrogen) atoms. The molecular weight excluding hydrogens is 246 g/mol. The SMILES string of the molecule is CC(C)(C)OC(=O)NCCc1cc(N)c(C=O)cn1. The number of ether oxygens (including phenoxy) is 1. The van der Waals surface area contributed by atoms with E-state index in [1.54, 1.807) is 26.8 Å². The first kappa shape index (κ1) is 14.9. The third-order valence-corrected chi connectivity index (χ3v) is 2.20. The number of amides is 1. The summed E-state index contributed by atoms with van der Waals surface area (Å²) in [6.07, 6.45) is 2.13. The number of alkyl carbamates (subject to hydrolysis) is 1. The van der Waals surface area contributed by atoms with Crippen molar-refractivity contribution in [3.8, 4) is 0 Å². The van der Waals surface area contributed by atoms with Crippen molar-refractivity contribution in [1.82, 2.24) is 10.3 Å². The molecular formula is C13H19N3O3. The molecule has 0 aromatic carbocycles. The molecule has 3 N–H and O–H groups in total. The first-order valence-electron chi connectivity index (χ1n) is 5.98. The van der Waals surface area contributed by atoms with Gasteiger partial charge in [-0.15, -0.1) is 0 Å². The number of nitrogens with zero attached hydrogens (tertiary/aromatic N) is 1. The highest BCUT2D eigenvalue weighted by atomic mass is 16.6. The Kier molecular flexibility index (Phi) is 4.86. The lowest BCUT2D eigenvalue weighted by Crippen LogP contribution is -2.33. The molecule has 0 aliphatic rings. The van der Waals surface area contributed by atoms with Crippen LogP contribution in [0.25, 0.3) is 0 Å². The highest BCUT2D eigenvalue weighted by molar-refractivity contribution is 5.82. The van der Waals surface area contributed by atoms with Gasteiger partial charge >= 0.3 is 6.09 Å². The van der Waals surface area contributed by atoms with Gasteiger partial charge in [-0.1, -0.05) is 0 Å². The Morgan fingerprint density at radius 2 is 2.21 bits per heavy atom. The molecule has 0 unspecified atom stereocenters. The fourth-order valence-electron chi connectivity index (χ4n) is 1.37. The molecule has 0 radical (unpaired) electrons. The zero-order chi connectivity index (χ0) is 14.5. The van der Waals surface area contributed by atoms with Gasteiger partial charge in [0.2, 0.25) is 0 Å². The predicted molar refractivity (Wildman–Crippen MR) is 72.0 cm³/mol. The van der Waals surface area contributed by atoms with E-state index in [9.17, 15) is 9.59 Å². The van der Waals surface area contributed by atoms with Gasteiger partial charge in [0.15, 0.2) is 6.29 Å². The standard InChI is InChI=1S/C13H19N3O3/c1-13(2,3)19-12(18)15-5-4-10-6-11(14)9(8-17)7-16-10/h6-8H,4-5H2,1-3H3,(H2,14,16)(H,15,18). The molecule has 6 heteroatoms. The molecule has 1 rings (SSSR count). The Morgan fingerprint density at radius 1 is 1.53 bits per heavy atom. The van der Waals surface area contributed by atoms with Gasteiger partial charge in [0.25, 0.3) is 0 Å². The molecule has 0 saturated carbocycles. The second-order valence-electron chi connectivity index (χ2n) is 5.10. The molecule has 104 valence electrons. The number of hydrogen-bond acceptors (Lipinski definition) is 5. The number of aldehydes is 1. The zero-order valence-electron chi connectivity index (χ0n) is 11.4. The normalized spacial score (nSPS) is 10.9. The molecule has 0 aliphatic carbocycles. The summed E-state index contributed by atoms with van der Waals surface area (Å²) in [5.74, 6) is 0. The number of hydrogen-bond donors (Lipinski definition) is 2. The number of anilines is 1. The molecule has 0 saturated heterocycles. The highest BCUT2D eigenvalue weighted by Gasteiger charge is 2.15. The van der Waals surface area contributed by atoms with E-state index in [1.165, 1.54) is 6.20 Å². The van der Waals surface area contributed by atoms with Crippen LogP contribution in [0.1, 0.15) is 36.8 Å². The van der Waals surface area contributed by atoms with Crippen LogP contribution in [0.2, 0.25) is 0 Å². The topological polar surface area (TPSA) is 94.3 Å². The zero-order valence-corrected chi connectivity index (χ0v) is 11.4. The van der Waals surface area contributed by atoms with Crippen LogP contribution in [0.15, 0.2) is 12.3 Å². The van der Waals surface area contributed by atoms with Crippen molar-refractivity contribution in [3.63, 3.8) is 0 Å². The van der Waals surface area contributed by atoms with E-state index in [4.69, 9.17) is 10.5 Å². The molecule has 0 bridgehead atoms. The summed E-state index contributed by atoms with van der Waals surface area (Å²) in [5.41, 5.74) is 6.61. The first-order valence-corrected chi connectivity index (χ1v) is 5.98. The number of nitrogens with one attached hydrogen (secondary N) is 1. The molecule has 1 amide bonds. The molecule has 1 aromatic rings. The Labute approximate surface area is 112 Å². The number of nitrogens with two attached hydrogens (primary N) is 1. The summed E-state index contributed by atoms with van der Waals surface area (Å²) in [6, 6.07) is 1.63. The summed E-state index contributed by atoms with van der Waals surface area (Å²) in [6.45, 7) is 5.79. The Morgan fingerprint density at radius 3 is 2.74 bits per heavy atom. The summed E-state index contributed by atoms with van der Waals surface area (Å²) in [5, 5.41) is 2.62. The van der Waals surface area contributed by atoms with E-state index in [0.29, 0.717) is 36.2 Å². The summed E-state index contributed by atoms with van der Waals surface area (Å²) >= 11 is 0.